The molecule has 1 saturated heterocycles. The molecule has 0 radical (unpaired) electrons. The fraction of sp³-hybridized carbons (Fsp3) is 1.00. The first-order valence-corrected chi connectivity index (χ1v) is 7.39. The van der Waals surface area contributed by atoms with Crippen LogP contribution in [0.25, 0.3) is 0 Å². The van der Waals surface area contributed by atoms with Crippen LogP contribution >= 0.6 is 0 Å². The van der Waals surface area contributed by atoms with Gasteiger partial charge in [0, 0.05) is 25.2 Å². The van der Waals surface area contributed by atoms with Crippen molar-refractivity contribution in [2.75, 3.05) is 19.6 Å². The fourth-order valence-corrected chi connectivity index (χ4v) is 3.52. The minimum atomic E-state index is 0.807. The molecule has 0 amide bonds. The molecule has 0 bridgehead atoms. The Balaban J connectivity index is 1.30. The van der Waals surface area contributed by atoms with E-state index in [9.17, 15) is 0 Å². The maximum atomic E-state index is 3.78. The van der Waals surface area contributed by atoms with Gasteiger partial charge in [0.1, 0.15) is 0 Å². The van der Waals surface area contributed by atoms with Crippen molar-refractivity contribution in [2.24, 2.45) is 5.92 Å². The molecule has 3 fully saturated rings. The van der Waals surface area contributed by atoms with Crippen LogP contribution in [0.15, 0.2) is 0 Å². The molecular weight excluding hydrogens is 196 g/mol. The lowest BCUT2D eigenvalue weighted by Gasteiger charge is -2.16. The molecule has 2 aliphatic carbocycles. The Morgan fingerprint density at radius 1 is 1.00 bits per heavy atom. The maximum Gasteiger partial charge on any atom is 0.0207 e. The van der Waals surface area contributed by atoms with Gasteiger partial charge in [0.25, 0.3) is 0 Å². The van der Waals surface area contributed by atoms with Gasteiger partial charge < -0.3 is 5.32 Å². The minimum Gasteiger partial charge on any atom is -0.313 e. The van der Waals surface area contributed by atoms with Crippen molar-refractivity contribution in [3.05, 3.63) is 0 Å². The monoisotopic (exact) mass is 222 g/mol. The number of hydrogen-bond donors (Lipinski definition) is 1. The van der Waals surface area contributed by atoms with Gasteiger partial charge in [-0.2, -0.15) is 0 Å². The van der Waals surface area contributed by atoms with E-state index in [0.29, 0.717) is 0 Å². The lowest BCUT2D eigenvalue weighted by atomic mass is 10.0. The largest absolute Gasteiger partial charge is 0.313 e. The van der Waals surface area contributed by atoms with Gasteiger partial charge in [0.15, 0.2) is 0 Å². The van der Waals surface area contributed by atoms with E-state index in [4.69, 9.17) is 0 Å². The number of nitrogens with zero attached hydrogens (tertiary/aromatic N) is 1. The van der Waals surface area contributed by atoms with E-state index in [1.54, 1.807) is 0 Å². The zero-order chi connectivity index (χ0) is 10.8. The van der Waals surface area contributed by atoms with Crippen molar-refractivity contribution >= 4 is 0 Å². The standard InChI is InChI=1S/C14H26N2/c1-2-4-12(3-1)7-9-15-13-8-10-16(11-13)14-5-6-14/h12-15H,1-11H2. The molecule has 0 aromatic rings. The normalized spacial score (nSPS) is 32.6. The number of rotatable bonds is 5. The zero-order valence-corrected chi connectivity index (χ0v) is 10.5. The third-order valence-corrected chi connectivity index (χ3v) is 4.74. The second kappa shape index (κ2) is 5.05. The van der Waals surface area contributed by atoms with E-state index in [0.717, 1.165) is 18.0 Å². The van der Waals surface area contributed by atoms with Crippen LogP contribution < -0.4 is 5.32 Å². The van der Waals surface area contributed by atoms with E-state index >= 15 is 0 Å². The summed E-state index contributed by atoms with van der Waals surface area (Å²) in [6.45, 7) is 3.95. The molecule has 2 heteroatoms. The van der Waals surface area contributed by atoms with Gasteiger partial charge in [-0.05, 0) is 38.1 Å². The molecule has 3 aliphatic rings. The van der Waals surface area contributed by atoms with Crippen LogP contribution in [0.5, 0.6) is 0 Å². The summed E-state index contributed by atoms with van der Waals surface area (Å²) >= 11 is 0. The summed E-state index contributed by atoms with van der Waals surface area (Å²) in [7, 11) is 0. The zero-order valence-electron chi connectivity index (χ0n) is 10.5. The highest BCUT2D eigenvalue weighted by atomic mass is 15.2. The van der Waals surface area contributed by atoms with Gasteiger partial charge in [-0.15, -0.1) is 0 Å². The Morgan fingerprint density at radius 3 is 2.56 bits per heavy atom. The van der Waals surface area contributed by atoms with Crippen LogP contribution in [-0.4, -0.2) is 36.6 Å². The molecule has 2 saturated carbocycles. The fourth-order valence-electron chi connectivity index (χ4n) is 3.52. The van der Waals surface area contributed by atoms with Crippen molar-refractivity contribution in [1.29, 1.82) is 0 Å². The average molecular weight is 222 g/mol. The lowest BCUT2D eigenvalue weighted by molar-refractivity contribution is 0.316. The van der Waals surface area contributed by atoms with Crippen LogP contribution in [0.1, 0.15) is 51.4 Å². The third kappa shape index (κ3) is 2.78. The molecule has 92 valence electrons. The Morgan fingerprint density at radius 2 is 1.81 bits per heavy atom. The van der Waals surface area contributed by atoms with Crippen molar-refractivity contribution in [3.63, 3.8) is 0 Å². The molecule has 0 aromatic heterocycles. The number of nitrogens with one attached hydrogen (secondary N) is 1. The van der Waals surface area contributed by atoms with Crippen LogP contribution in [0, 0.1) is 5.92 Å². The molecule has 0 spiro atoms. The molecule has 2 nitrogen and oxygen atoms in total. The molecule has 3 rings (SSSR count). The summed E-state index contributed by atoms with van der Waals surface area (Å²) in [5, 5.41) is 3.78. The van der Waals surface area contributed by atoms with E-state index in [1.807, 2.05) is 0 Å². The van der Waals surface area contributed by atoms with Crippen LogP contribution in [0.4, 0.5) is 0 Å². The Kier molecular flexibility index (Phi) is 3.49. The smallest absolute Gasteiger partial charge is 0.0207 e. The molecule has 1 unspecified atom stereocenters. The Bertz CT molecular complexity index is 219. The summed E-state index contributed by atoms with van der Waals surface area (Å²) < 4.78 is 0. The molecule has 1 atom stereocenters. The highest BCUT2D eigenvalue weighted by molar-refractivity contribution is 4.91. The third-order valence-electron chi connectivity index (χ3n) is 4.74. The van der Waals surface area contributed by atoms with Gasteiger partial charge in [0.2, 0.25) is 0 Å². The summed E-state index contributed by atoms with van der Waals surface area (Å²) in [5.74, 6) is 1.05. The second-order valence-corrected chi connectivity index (χ2v) is 6.10. The maximum absolute atomic E-state index is 3.78. The van der Waals surface area contributed by atoms with Crippen LogP contribution in [-0.2, 0) is 0 Å². The van der Waals surface area contributed by atoms with Crippen molar-refractivity contribution in [2.45, 2.75) is 63.5 Å². The van der Waals surface area contributed by atoms with Crippen molar-refractivity contribution < 1.29 is 0 Å². The number of likely N-dealkylation sites (tertiary alicyclic amines) is 1. The topological polar surface area (TPSA) is 15.3 Å². The van der Waals surface area contributed by atoms with Gasteiger partial charge in [-0.25, -0.2) is 0 Å². The molecule has 1 heterocycles. The Labute approximate surface area is 99.8 Å². The van der Waals surface area contributed by atoms with E-state index in [1.165, 1.54) is 71.0 Å². The van der Waals surface area contributed by atoms with Crippen molar-refractivity contribution in [3.8, 4) is 0 Å². The first kappa shape index (κ1) is 11.0. The predicted octanol–water partition coefficient (Wildman–Crippen LogP) is 2.39. The summed E-state index contributed by atoms with van der Waals surface area (Å²) in [4.78, 5) is 2.70. The predicted molar refractivity (Wildman–Crippen MR) is 67.6 cm³/mol. The van der Waals surface area contributed by atoms with Crippen LogP contribution in [0.3, 0.4) is 0 Å². The molecule has 0 aromatic carbocycles. The quantitative estimate of drug-likeness (QED) is 0.768. The average Bonchev–Trinajstić information content (AvgIpc) is 2.83. The first-order chi connectivity index (χ1) is 7.92. The SMILES string of the molecule is C1CCC(CCNC2CCN(C3CC3)C2)C1. The van der Waals surface area contributed by atoms with Crippen LogP contribution in [0.2, 0.25) is 0 Å². The van der Waals surface area contributed by atoms with E-state index in [-0.39, 0.29) is 0 Å². The second-order valence-electron chi connectivity index (χ2n) is 6.10. The molecular formula is C14H26N2. The van der Waals surface area contributed by atoms with E-state index < -0.39 is 0 Å². The van der Waals surface area contributed by atoms with Gasteiger partial charge in [0.05, 0.1) is 0 Å². The highest BCUT2D eigenvalue weighted by Crippen LogP contribution is 2.30. The summed E-state index contributed by atoms with van der Waals surface area (Å²) in [5.41, 5.74) is 0. The molecule has 16 heavy (non-hydrogen) atoms. The van der Waals surface area contributed by atoms with Gasteiger partial charge in [-0.3, -0.25) is 4.90 Å². The van der Waals surface area contributed by atoms with E-state index in [2.05, 4.69) is 10.2 Å². The highest BCUT2D eigenvalue weighted by Gasteiger charge is 2.34. The minimum absolute atomic E-state index is 0.807. The summed E-state index contributed by atoms with van der Waals surface area (Å²) in [6, 6.07) is 1.78. The molecule has 1 aliphatic heterocycles. The molecule has 1 N–H and O–H groups in total. The van der Waals surface area contributed by atoms with Gasteiger partial charge in [-0.1, -0.05) is 25.7 Å². The van der Waals surface area contributed by atoms with Crippen molar-refractivity contribution in [1.82, 2.24) is 10.2 Å². The first-order valence-electron chi connectivity index (χ1n) is 7.39. The Hall–Kier alpha value is -0.0800. The van der Waals surface area contributed by atoms with Gasteiger partial charge >= 0.3 is 0 Å². The summed E-state index contributed by atoms with van der Waals surface area (Å²) in [6.07, 6.45) is 11.7. The lowest BCUT2D eigenvalue weighted by Crippen LogP contribution is -2.34. The number of hydrogen-bond acceptors (Lipinski definition) is 2.